The van der Waals surface area contributed by atoms with Crippen LogP contribution in [0, 0.1) is 5.92 Å². The molecular weight excluding hydrogens is 146 g/mol. The summed E-state index contributed by atoms with van der Waals surface area (Å²) in [7, 11) is 0. The van der Waals surface area contributed by atoms with Gasteiger partial charge in [0.2, 0.25) is 0 Å². The molecular formula is C11H19N. The summed E-state index contributed by atoms with van der Waals surface area (Å²) in [6.07, 6.45) is 3.75. The van der Waals surface area contributed by atoms with E-state index in [2.05, 4.69) is 25.4 Å². The summed E-state index contributed by atoms with van der Waals surface area (Å²) >= 11 is 0. The van der Waals surface area contributed by atoms with Gasteiger partial charge in [-0.25, -0.2) is 0 Å². The molecule has 1 N–H and O–H groups in total. The Morgan fingerprint density at radius 3 is 2.25 bits per heavy atom. The molecule has 0 radical (unpaired) electrons. The maximum Gasteiger partial charge on any atom is 0.0370 e. The van der Waals surface area contributed by atoms with Crippen molar-refractivity contribution in [2.75, 3.05) is 6.54 Å². The van der Waals surface area contributed by atoms with E-state index in [1.54, 1.807) is 0 Å². The van der Waals surface area contributed by atoms with E-state index in [0.717, 1.165) is 12.2 Å². The molecule has 1 nitrogen and oxygen atoms in total. The lowest BCUT2D eigenvalue weighted by Crippen LogP contribution is -2.08. The van der Waals surface area contributed by atoms with E-state index in [4.69, 9.17) is 0 Å². The van der Waals surface area contributed by atoms with Crippen molar-refractivity contribution < 1.29 is 0 Å². The molecule has 0 fully saturated rings. The van der Waals surface area contributed by atoms with Gasteiger partial charge in [0.05, 0.1) is 0 Å². The van der Waals surface area contributed by atoms with Gasteiger partial charge >= 0.3 is 0 Å². The topological polar surface area (TPSA) is 12.0 Å². The fourth-order valence-electron chi connectivity index (χ4n) is 1.24. The Labute approximate surface area is 75.9 Å². The zero-order chi connectivity index (χ0) is 9.56. The van der Waals surface area contributed by atoms with E-state index >= 15 is 0 Å². The minimum Gasteiger partial charge on any atom is -0.384 e. The molecule has 1 unspecified atom stereocenters. The van der Waals surface area contributed by atoms with Gasteiger partial charge in [-0.1, -0.05) is 40.0 Å². The summed E-state index contributed by atoms with van der Waals surface area (Å²) in [5.74, 6) is 0.588. The number of rotatable bonds is 2. The summed E-state index contributed by atoms with van der Waals surface area (Å²) in [6, 6.07) is 0. The van der Waals surface area contributed by atoms with Crippen molar-refractivity contribution in [1.82, 2.24) is 5.32 Å². The Kier molecular flexibility index (Phi) is 5.18. The molecule has 0 amide bonds. The molecule has 1 aliphatic rings. The molecule has 0 bridgehead atoms. The third-order valence-electron chi connectivity index (χ3n) is 1.86. The molecule has 1 rings (SSSR count). The number of nitrogens with one attached hydrogen (secondary N) is 1. The Hall–Kier alpha value is -0.980. The van der Waals surface area contributed by atoms with Crippen molar-refractivity contribution in [3.63, 3.8) is 0 Å². The molecule has 0 aromatic carbocycles. The fourth-order valence-corrected chi connectivity index (χ4v) is 1.24. The van der Waals surface area contributed by atoms with E-state index in [-0.39, 0.29) is 0 Å². The average Bonchev–Trinajstić information content (AvgIpc) is 2.49. The monoisotopic (exact) mass is 165 g/mol. The molecule has 12 heavy (non-hydrogen) atoms. The molecule has 1 heterocycles. The fraction of sp³-hybridized carbons (Fsp3) is 0.455. The Morgan fingerprint density at radius 2 is 1.92 bits per heavy atom. The minimum absolute atomic E-state index is 0.588. The van der Waals surface area contributed by atoms with E-state index in [1.165, 1.54) is 5.57 Å². The first-order chi connectivity index (χ1) is 5.79. The number of allylic oxidation sites excluding steroid dienone is 2. The van der Waals surface area contributed by atoms with E-state index in [1.807, 2.05) is 26.0 Å². The van der Waals surface area contributed by atoms with Crippen LogP contribution in [0.25, 0.3) is 0 Å². The van der Waals surface area contributed by atoms with Crippen LogP contribution in [0.2, 0.25) is 0 Å². The van der Waals surface area contributed by atoms with Crippen LogP contribution in [0.4, 0.5) is 0 Å². The first-order valence-electron chi connectivity index (χ1n) is 4.52. The van der Waals surface area contributed by atoms with Crippen LogP contribution in [-0.2, 0) is 0 Å². The van der Waals surface area contributed by atoms with E-state index in [0.29, 0.717) is 5.92 Å². The molecule has 0 saturated carbocycles. The van der Waals surface area contributed by atoms with Crippen LogP contribution in [0.5, 0.6) is 0 Å². The highest BCUT2D eigenvalue weighted by molar-refractivity contribution is 5.35. The molecule has 0 aromatic rings. The van der Waals surface area contributed by atoms with Gasteiger partial charge in [0, 0.05) is 18.2 Å². The highest BCUT2D eigenvalue weighted by Crippen LogP contribution is 2.20. The minimum atomic E-state index is 0.588. The first-order valence-corrected chi connectivity index (χ1v) is 4.52. The van der Waals surface area contributed by atoms with Crippen LogP contribution in [-0.4, -0.2) is 6.54 Å². The van der Waals surface area contributed by atoms with Crippen molar-refractivity contribution >= 4 is 0 Å². The van der Waals surface area contributed by atoms with Gasteiger partial charge in [-0.15, -0.1) is 0 Å². The number of hydrogen-bond donors (Lipinski definition) is 1. The lowest BCUT2D eigenvalue weighted by molar-refractivity contribution is 0.703. The van der Waals surface area contributed by atoms with Gasteiger partial charge in [0.1, 0.15) is 0 Å². The first kappa shape index (κ1) is 11.0. The summed E-state index contributed by atoms with van der Waals surface area (Å²) in [6.45, 7) is 14.7. The molecule has 68 valence electrons. The summed E-state index contributed by atoms with van der Waals surface area (Å²) < 4.78 is 0. The van der Waals surface area contributed by atoms with Crippen LogP contribution in [0.3, 0.4) is 0 Å². The second-order valence-corrected chi connectivity index (χ2v) is 2.56. The van der Waals surface area contributed by atoms with Crippen molar-refractivity contribution in [3.8, 4) is 0 Å². The molecule has 0 aromatic heterocycles. The Morgan fingerprint density at radius 1 is 1.33 bits per heavy atom. The largest absolute Gasteiger partial charge is 0.384 e. The lowest BCUT2D eigenvalue weighted by Gasteiger charge is -1.99. The van der Waals surface area contributed by atoms with E-state index in [9.17, 15) is 0 Å². The quantitative estimate of drug-likeness (QED) is 0.663. The molecule has 1 atom stereocenters. The molecule has 0 aliphatic carbocycles. The summed E-state index contributed by atoms with van der Waals surface area (Å²) in [5, 5.41) is 3.25. The maximum atomic E-state index is 3.75. The molecule has 1 aliphatic heterocycles. The highest BCUT2D eigenvalue weighted by atomic mass is 14.9. The zero-order valence-corrected chi connectivity index (χ0v) is 8.35. The Bertz CT molecular complexity index is 189. The summed E-state index contributed by atoms with van der Waals surface area (Å²) in [5.41, 5.74) is 2.43. The van der Waals surface area contributed by atoms with Crippen LogP contribution in [0.15, 0.2) is 36.6 Å². The normalized spacial score (nSPS) is 20.8. The van der Waals surface area contributed by atoms with Gasteiger partial charge in [-0.2, -0.15) is 0 Å². The predicted octanol–water partition coefficient (Wildman–Crippen LogP) is 2.88. The average molecular weight is 165 g/mol. The summed E-state index contributed by atoms with van der Waals surface area (Å²) in [4.78, 5) is 0. The van der Waals surface area contributed by atoms with Crippen molar-refractivity contribution in [3.05, 3.63) is 36.6 Å². The zero-order valence-electron chi connectivity index (χ0n) is 8.35. The second kappa shape index (κ2) is 5.64. The number of hydrogen-bond acceptors (Lipinski definition) is 1. The molecule has 0 saturated heterocycles. The lowest BCUT2D eigenvalue weighted by atomic mass is 10.0. The van der Waals surface area contributed by atoms with Crippen LogP contribution >= 0.6 is 0 Å². The van der Waals surface area contributed by atoms with Gasteiger partial charge in [-0.3, -0.25) is 0 Å². The smallest absolute Gasteiger partial charge is 0.0370 e. The third-order valence-corrected chi connectivity index (χ3v) is 1.86. The van der Waals surface area contributed by atoms with Crippen LogP contribution < -0.4 is 5.32 Å². The maximum absolute atomic E-state index is 3.75. The molecule has 1 heteroatoms. The van der Waals surface area contributed by atoms with Gasteiger partial charge in [-0.05, 0) is 11.6 Å². The SMILES string of the molecule is C=CC1=C(C=C)C(C)CN1.CC. The highest BCUT2D eigenvalue weighted by Gasteiger charge is 2.15. The van der Waals surface area contributed by atoms with Crippen molar-refractivity contribution in [2.24, 2.45) is 5.92 Å². The van der Waals surface area contributed by atoms with E-state index < -0.39 is 0 Å². The predicted molar refractivity (Wildman–Crippen MR) is 55.9 cm³/mol. The van der Waals surface area contributed by atoms with Crippen LogP contribution in [0.1, 0.15) is 20.8 Å². The molecule has 0 spiro atoms. The van der Waals surface area contributed by atoms with Crippen molar-refractivity contribution in [2.45, 2.75) is 20.8 Å². The Balaban J connectivity index is 0.000000561. The standard InChI is InChI=1S/C9H13N.C2H6/c1-4-8-7(3)6-10-9(8)5-2;1-2/h4-5,7,10H,1-2,6H2,3H3;1-2H3. The second-order valence-electron chi connectivity index (χ2n) is 2.56. The third kappa shape index (κ3) is 2.26. The van der Waals surface area contributed by atoms with Gasteiger partial charge in [0.25, 0.3) is 0 Å². The van der Waals surface area contributed by atoms with Gasteiger partial charge < -0.3 is 5.32 Å². The van der Waals surface area contributed by atoms with Gasteiger partial charge in [0.15, 0.2) is 0 Å². The van der Waals surface area contributed by atoms with Crippen molar-refractivity contribution in [1.29, 1.82) is 0 Å².